The molecule has 0 bridgehead atoms. The number of aromatic nitrogens is 2. The van der Waals surface area contributed by atoms with Gasteiger partial charge in [0, 0.05) is 43.2 Å². The van der Waals surface area contributed by atoms with Gasteiger partial charge in [0.1, 0.15) is 12.3 Å². The van der Waals surface area contributed by atoms with E-state index in [-0.39, 0.29) is 24.3 Å². The van der Waals surface area contributed by atoms with Gasteiger partial charge in [-0.3, -0.25) is 19.1 Å². The van der Waals surface area contributed by atoms with E-state index < -0.39 is 0 Å². The number of fused-ring (bicyclic) bond motifs is 1. The highest BCUT2D eigenvalue weighted by Gasteiger charge is 2.15. The summed E-state index contributed by atoms with van der Waals surface area (Å²) in [5.41, 5.74) is 3.46. The van der Waals surface area contributed by atoms with Gasteiger partial charge in [0.05, 0.1) is 6.61 Å². The molecular weight excluding hydrogens is 434 g/mol. The molecule has 3 amide bonds. The number of anilines is 2. The Morgan fingerprint density at radius 1 is 1.09 bits per heavy atom. The smallest absolute Gasteiger partial charge is 0.246 e. The van der Waals surface area contributed by atoms with E-state index in [1.807, 2.05) is 36.4 Å². The predicted octanol–water partition coefficient (Wildman–Crippen LogP) is 2.88. The molecular formula is C25H27N5O4. The van der Waals surface area contributed by atoms with Crippen molar-refractivity contribution < 1.29 is 19.1 Å². The van der Waals surface area contributed by atoms with Crippen molar-refractivity contribution in [2.75, 3.05) is 17.2 Å². The van der Waals surface area contributed by atoms with Crippen molar-refractivity contribution in [2.24, 2.45) is 0 Å². The summed E-state index contributed by atoms with van der Waals surface area (Å²) in [6, 6.07) is 14.7. The van der Waals surface area contributed by atoms with E-state index >= 15 is 0 Å². The van der Waals surface area contributed by atoms with E-state index in [1.165, 1.54) is 0 Å². The largest absolute Gasteiger partial charge is 0.494 e. The molecule has 1 aromatic heterocycles. The highest BCUT2D eigenvalue weighted by atomic mass is 16.5. The fourth-order valence-corrected chi connectivity index (χ4v) is 3.66. The molecule has 9 heteroatoms. The summed E-state index contributed by atoms with van der Waals surface area (Å²) in [5.74, 6) is 0.536. The molecule has 2 heterocycles. The van der Waals surface area contributed by atoms with Gasteiger partial charge in [0.15, 0.2) is 0 Å². The number of hydrogen-bond donors (Lipinski definition) is 3. The zero-order valence-electron chi connectivity index (χ0n) is 18.8. The van der Waals surface area contributed by atoms with Crippen molar-refractivity contribution in [1.82, 2.24) is 15.1 Å². The Bertz CT molecular complexity index is 1160. The van der Waals surface area contributed by atoms with E-state index in [4.69, 9.17) is 4.74 Å². The number of rotatable bonds is 10. The zero-order valence-corrected chi connectivity index (χ0v) is 18.8. The lowest BCUT2D eigenvalue weighted by atomic mass is 10.0. The van der Waals surface area contributed by atoms with Crippen LogP contribution in [0.2, 0.25) is 0 Å². The second-order valence-electron chi connectivity index (χ2n) is 8.05. The van der Waals surface area contributed by atoms with Crippen LogP contribution in [0, 0.1) is 0 Å². The average molecular weight is 462 g/mol. The van der Waals surface area contributed by atoms with Gasteiger partial charge in [-0.1, -0.05) is 12.1 Å². The first kappa shape index (κ1) is 23.0. The van der Waals surface area contributed by atoms with Crippen molar-refractivity contribution in [3.05, 3.63) is 72.1 Å². The number of amides is 3. The van der Waals surface area contributed by atoms with Gasteiger partial charge in [-0.2, -0.15) is 5.10 Å². The third-order valence-electron chi connectivity index (χ3n) is 5.35. The third kappa shape index (κ3) is 6.68. The summed E-state index contributed by atoms with van der Waals surface area (Å²) in [6.07, 6.45) is 5.47. The van der Waals surface area contributed by atoms with Crippen LogP contribution in [-0.2, 0) is 33.9 Å². The molecule has 3 aromatic rings. The highest BCUT2D eigenvalue weighted by molar-refractivity contribution is 5.94. The van der Waals surface area contributed by atoms with E-state index in [9.17, 15) is 14.4 Å². The number of ether oxygens (including phenoxy) is 1. The number of carbonyl (C=O) groups is 3. The van der Waals surface area contributed by atoms with Gasteiger partial charge in [0.25, 0.3) is 0 Å². The molecule has 0 unspecified atom stereocenters. The van der Waals surface area contributed by atoms with Crippen molar-refractivity contribution >= 4 is 29.1 Å². The van der Waals surface area contributed by atoms with Crippen LogP contribution in [0.25, 0.3) is 0 Å². The first-order valence-corrected chi connectivity index (χ1v) is 11.2. The van der Waals surface area contributed by atoms with Crippen LogP contribution >= 0.6 is 0 Å². The Morgan fingerprint density at radius 3 is 2.85 bits per heavy atom. The summed E-state index contributed by atoms with van der Waals surface area (Å²) in [4.78, 5) is 35.8. The van der Waals surface area contributed by atoms with Gasteiger partial charge >= 0.3 is 0 Å². The van der Waals surface area contributed by atoms with Gasteiger partial charge in [-0.25, -0.2) is 0 Å². The van der Waals surface area contributed by atoms with Crippen LogP contribution in [0.1, 0.15) is 30.4 Å². The summed E-state index contributed by atoms with van der Waals surface area (Å²) in [6.45, 7) is 0.938. The minimum absolute atomic E-state index is 0.0362. The maximum atomic E-state index is 12.2. The molecule has 1 aliphatic rings. The van der Waals surface area contributed by atoms with Crippen molar-refractivity contribution in [3.63, 3.8) is 0 Å². The first-order valence-electron chi connectivity index (χ1n) is 11.2. The molecule has 0 atom stereocenters. The maximum Gasteiger partial charge on any atom is 0.246 e. The molecule has 4 rings (SSSR count). The van der Waals surface area contributed by atoms with Crippen LogP contribution < -0.4 is 20.7 Å². The molecule has 1 aliphatic heterocycles. The Balaban J connectivity index is 1.15. The van der Waals surface area contributed by atoms with Gasteiger partial charge in [0.2, 0.25) is 17.7 Å². The quantitative estimate of drug-likeness (QED) is 0.402. The lowest BCUT2D eigenvalue weighted by molar-refractivity contribution is -0.121. The Labute approximate surface area is 197 Å². The number of carbonyl (C=O) groups excluding carboxylic acids is 3. The van der Waals surface area contributed by atoms with Crippen molar-refractivity contribution in [2.45, 2.75) is 38.8 Å². The number of hydrogen-bond acceptors (Lipinski definition) is 5. The minimum Gasteiger partial charge on any atom is -0.494 e. The van der Waals surface area contributed by atoms with Crippen molar-refractivity contribution in [3.8, 4) is 5.75 Å². The molecule has 0 saturated heterocycles. The topological polar surface area (TPSA) is 114 Å². The van der Waals surface area contributed by atoms with Crippen LogP contribution in [0.3, 0.4) is 0 Å². The molecule has 176 valence electrons. The molecule has 0 aliphatic carbocycles. The Kier molecular flexibility index (Phi) is 7.54. The van der Waals surface area contributed by atoms with E-state index in [1.54, 1.807) is 29.2 Å². The van der Waals surface area contributed by atoms with Gasteiger partial charge in [-0.05, 0) is 60.4 Å². The Morgan fingerprint density at radius 2 is 2.00 bits per heavy atom. The second kappa shape index (κ2) is 11.1. The SMILES string of the molecule is O=C(CCCOc1ccc2c(c1)CCC(=O)N2)NCc1cccc(NC(=O)Cn2cccn2)c1. The molecule has 3 N–H and O–H groups in total. The number of nitrogens with zero attached hydrogens (tertiary/aromatic N) is 2. The van der Waals surface area contributed by atoms with E-state index in [2.05, 4.69) is 21.0 Å². The summed E-state index contributed by atoms with van der Waals surface area (Å²) < 4.78 is 7.31. The Hall–Kier alpha value is -4.14. The second-order valence-corrected chi connectivity index (χ2v) is 8.05. The van der Waals surface area contributed by atoms with Gasteiger partial charge < -0.3 is 20.7 Å². The maximum absolute atomic E-state index is 12.2. The van der Waals surface area contributed by atoms with Crippen LogP contribution in [0.4, 0.5) is 11.4 Å². The van der Waals surface area contributed by atoms with Gasteiger partial charge in [-0.15, -0.1) is 0 Å². The monoisotopic (exact) mass is 461 g/mol. The molecule has 2 aromatic carbocycles. The van der Waals surface area contributed by atoms with Crippen LogP contribution in [-0.4, -0.2) is 34.1 Å². The standard InChI is InChI=1S/C25H27N5O4/c31-23(6-2-13-34-21-8-9-22-19(15-21)7-10-24(32)29-22)26-16-18-4-1-5-20(14-18)28-25(33)17-30-12-3-11-27-30/h1,3-5,8-9,11-12,14-15H,2,6-7,10,13,16-17H2,(H,26,31)(H,28,33)(H,29,32). The third-order valence-corrected chi connectivity index (χ3v) is 5.35. The fraction of sp³-hybridized carbons (Fsp3) is 0.280. The number of aryl methyl sites for hydroxylation is 1. The summed E-state index contributed by atoms with van der Waals surface area (Å²) >= 11 is 0. The predicted molar refractivity (Wildman–Crippen MR) is 127 cm³/mol. The molecule has 0 spiro atoms. The highest BCUT2D eigenvalue weighted by Crippen LogP contribution is 2.26. The summed E-state index contributed by atoms with van der Waals surface area (Å²) in [7, 11) is 0. The average Bonchev–Trinajstić information content (AvgIpc) is 3.33. The van der Waals surface area contributed by atoms with Crippen LogP contribution in [0.5, 0.6) is 5.75 Å². The molecule has 0 radical (unpaired) electrons. The lowest BCUT2D eigenvalue weighted by Gasteiger charge is -2.17. The fourth-order valence-electron chi connectivity index (χ4n) is 3.66. The van der Waals surface area contributed by atoms with E-state index in [0.29, 0.717) is 44.5 Å². The zero-order chi connectivity index (χ0) is 23.8. The van der Waals surface area contributed by atoms with Crippen LogP contribution in [0.15, 0.2) is 60.9 Å². The molecule has 34 heavy (non-hydrogen) atoms. The molecule has 0 fully saturated rings. The lowest BCUT2D eigenvalue weighted by Crippen LogP contribution is -2.23. The normalized spacial score (nSPS) is 12.4. The molecule has 0 saturated carbocycles. The van der Waals surface area contributed by atoms with Crippen molar-refractivity contribution in [1.29, 1.82) is 0 Å². The first-order chi connectivity index (χ1) is 16.5. The van der Waals surface area contributed by atoms with E-state index in [0.717, 1.165) is 22.6 Å². The molecule has 9 nitrogen and oxygen atoms in total. The number of benzene rings is 2. The number of nitrogens with one attached hydrogen (secondary N) is 3. The minimum atomic E-state index is -0.173. The summed E-state index contributed by atoms with van der Waals surface area (Å²) in [5, 5.41) is 12.6.